The highest BCUT2D eigenvalue weighted by Crippen LogP contribution is 2.10. The van der Waals surface area contributed by atoms with Crippen LogP contribution in [0.3, 0.4) is 0 Å². The summed E-state index contributed by atoms with van der Waals surface area (Å²) in [4.78, 5) is 12.1. The summed E-state index contributed by atoms with van der Waals surface area (Å²) in [5.74, 6) is -0.121. The van der Waals surface area contributed by atoms with E-state index in [1.807, 2.05) is 24.3 Å². The molecule has 1 aromatic heterocycles. The Morgan fingerprint density at radius 3 is 2.86 bits per heavy atom. The number of anilines is 1. The molecule has 21 heavy (non-hydrogen) atoms. The first-order valence-corrected chi connectivity index (χ1v) is 6.65. The van der Waals surface area contributed by atoms with Crippen molar-refractivity contribution in [3.63, 3.8) is 0 Å². The van der Waals surface area contributed by atoms with Crippen LogP contribution in [0.2, 0.25) is 0 Å². The Bertz CT molecular complexity index is 780. The van der Waals surface area contributed by atoms with Gasteiger partial charge in [0.25, 0.3) is 5.91 Å². The monoisotopic (exact) mass is 281 g/mol. The maximum absolute atomic E-state index is 12.1. The van der Waals surface area contributed by atoms with E-state index in [9.17, 15) is 4.79 Å². The molecule has 1 amide bonds. The molecular weight excluding hydrogens is 266 g/mol. The van der Waals surface area contributed by atoms with Crippen molar-refractivity contribution >= 4 is 22.6 Å². The predicted molar refractivity (Wildman–Crippen MR) is 80.8 cm³/mol. The van der Waals surface area contributed by atoms with Crippen molar-refractivity contribution in [3.8, 4) is 0 Å². The number of nitrogens with one attached hydrogen (secondary N) is 2. The summed E-state index contributed by atoms with van der Waals surface area (Å²) in [6.07, 6.45) is 0.739. The molecule has 0 aliphatic rings. The van der Waals surface area contributed by atoms with E-state index in [1.165, 1.54) is 0 Å². The topological polar surface area (TPSA) is 96.7 Å². The quantitative estimate of drug-likeness (QED) is 0.631. The second kappa shape index (κ2) is 5.62. The molecule has 6 heteroatoms. The number of nitrogen functional groups attached to an aromatic ring is 1. The fraction of sp³-hybridized carbons (Fsp3) is 0.133. The number of aromatic amines is 1. The van der Waals surface area contributed by atoms with Gasteiger partial charge in [0.05, 0.1) is 0 Å². The highest BCUT2D eigenvalue weighted by molar-refractivity contribution is 5.97. The lowest BCUT2D eigenvalue weighted by atomic mass is 10.1. The molecule has 0 radical (unpaired) electrons. The number of hydrogen-bond acceptors (Lipinski definition) is 4. The number of carbonyl (C=O) groups is 1. The van der Waals surface area contributed by atoms with E-state index >= 15 is 0 Å². The summed E-state index contributed by atoms with van der Waals surface area (Å²) in [6, 6.07) is 12.9. The number of aromatic nitrogens is 3. The van der Waals surface area contributed by atoms with Gasteiger partial charge < -0.3 is 11.1 Å². The molecule has 4 N–H and O–H groups in total. The minimum atomic E-state index is -0.121. The number of amides is 1. The highest BCUT2D eigenvalue weighted by Gasteiger charge is 2.07. The van der Waals surface area contributed by atoms with Crippen molar-refractivity contribution in [2.24, 2.45) is 0 Å². The Morgan fingerprint density at radius 2 is 2.00 bits per heavy atom. The van der Waals surface area contributed by atoms with Crippen LogP contribution in [0.1, 0.15) is 15.9 Å². The summed E-state index contributed by atoms with van der Waals surface area (Å²) in [5.41, 5.74) is 9.55. The standard InChI is InChI=1S/C15H15N5O/c16-12-3-1-2-10(8-12)6-7-17-15(21)11-4-5-13-14(9-11)19-20-18-13/h1-5,8-9H,6-7,16H2,(H,17,21)(H,18,19,20). The molecule has 0 aliphatic heterocycles. The third kappa shape index (κ3) is 3.00. The Labute approximate surface area is 121 Å². The zero-order valence-corrected chi connectivity index (χ0v) is 11.3. The van der Waals surface area contributed by atoms with Gasteiger partial charge in [-0.05, 0) is 42.3 Å². The fourth-order valence-electron chi connectivity index (χ4n) is 2.15. The van der Waals surface area contributed by atoms with E-state index in [2.05, 4.69) is 20.7 Å². The molecule has 0 fully saturated rings. The molecule has 0 saturated carbocycles. The largest absolute Gasteiger partial charge is 0.399 e. The second-order valence-electron chi connectivity index (χ2n) is 4.78. The lowest BCUT2D eigenvalue weighted by molar-refractivity contribution is 0.0954. The number of rotatable bonds is 4. The highest BCUT2D eigenvalue weighted by atomic mass is 16.1. The summed E-state index contributed by atoms with van der Waals surface area (Å²) in [7, 11) is 0. The van der Waals surface area contributed by atoms with Crippen LogP contribution in [-0.2, 0) is 6.42 Å². The summed E-state index contributed by atoms with van der Waals surface area (Å²) in [5, 5.41) is 13.3. The molecule has 0 aliphatic carbocycles. The molecule has 106 valence electrons. The molecule has 6 nitrogen and oxygen atoms in total. The third-order valence-electron chi connectivity index (χ3n) is 3.23. The van der Waals surface area contributed by atoms with Gasteiger partial charge in [0.15, 0.2) is 0 Å². The van der Waals surface area contributed by atoms with Crippen LogP contribution in [0.4, 0.5) is 5.69 Å². The van der Waals surface area contributed by atoms with E-state index in [4.69, 9.17) is 5.73 Å². The van der Waals surface area contributed by atoms with E-state index in [1.54, 1.807) is 18.2 Å². The maximum atomic E-state index is 12.1. The SMILES string of the molecule is Nc1cccc(CCNC(=O)c2ccc3n[nH]nc3c2)c1. The van der Waals surface area contributed by atoms with Gasteiger partial charge in [-0.3, -0.25) is 4.79 Å². The van der Waals surface area contributed by atoms with Crippen molar-refractivity contribution < 1.29 is 4.79 Å². The molecule has 0 unspecified atom stereocenters. The van der Waals surface area contributed by atoms with Crippen LogP contribution in [-0.4, -0.2) is 27.9 Å². The molecule has 0 atom stereocenters. The van der Waals surface area contributed by atoms with Crippen molar-refractivity contribution in [1.82, 2.24) is 20.7 Å². The van der Waals surface area contributed by atoms with Gasteiger partial charge in [-0.25, -0.2) is 0 Å². The number of hydrogen-bond donors (Lipinski definition) is 3. The molecule has 2 aromatic carbocycles. The number of nitrogens with zero attached hydrogens (tertiary/aromatic N) is 2. The second-order valence-corrected chi connectivity index (χ2v) is 4.78. The Hall–Kier alpha value is -2.89. The van der Waals surface area contributed by atoms with Crippen molar-refractivity contribution in [3.05, 3.63) is 53.6 Å². The number of H-pyrrole nitrogens is 1. The molecule has 1 heterocycles. The summed E-state index contributed by atoms with van der Waals surface area (Å²) >= 11 is 0. The fourth-order valence-corrected chi connectivity index (χ4v) is 2.15. The van der Waals surface area contributed by atoms with Gasteiger partial charge >= 0.3 is 0 Å². The molecule has 3 rings (SSSR count). The first kappa shape index (κ1) is 13.1. The van der Waals surface area contributed by atoms with Crippen LogP contribution in [0.5, 0.6) is 0 Å². The van der Waals surface area contributed by atoms with Gasteiger partial charge in [0.1, 0.15) is 11.0 Å². The van der Waals surface area contributed by atoms with Gasteiger partial charge in [-0.1, -0.05) is 12.1 Å². The number of benzene rings is 2. The Kier molecular flexibility index (Phi) is 3.51. The maximum Gasteiger partial charge on any atom is 0.251 e. The zero-order chi connectivity index (χ0) is 14.7. The van der Waals surface area contributed by atoms with Crippen LogP contribution in [0.15, 0.2) is 42.5 Å². The number of nitrogens with two attached hydrogens (primary N) is 1. The lowest BCUT2D eigenvalue weighted by Gasteiger charge is -2.06. The number of fused-ring (bicyclic) bond motifs is 1. The van der Waals surface area contributed by atoms with E-state index < -0.39 is 0 Å². The first-order valence-electron chi connectivity index (χ1n) is 6.65. The van der Waals surface area contributed by atoms with Crippen molar-refractivity contribution in [1.29, 1.82) is 0 Å². The van der Waals surface area contributed by atoms with E-state index in [0.29, 0.717) is 17.6 Å². The molecule has 0 saturated heterocycles. The molecule has 3 aromatic rings. The average Bonchev–Trinajstić information content (AvgIpc) is 2.94. The van der Waals surface area contributed by atoms with E-state index in [-0.39, 0.29) is 5.91 Å². The van der Waals surface area contributed by atoms with E-state index in [0.717, 1.165) is 23.2 Å². The molecule has 0 spiro atoms. The zero-order valence-electron chi connectivity index (χ0n) is 11.3. The number of carbonyl (C=O) groups excluding carboxylic acids is 1. The lowest BCUT2D eigenvalue weighted by Crippen LogP contribution is -2.25. The third-order valence-corrected chi connectivity index (χ3v) is 3.23. The first-order chi connectivity index (χ1) is 10.2. The summed E-state index contributed by atoms with van der Waals surface area (Å²) in [6.45, 7) is 0.555. The minimum Gasteiger partial charge on any atom is -0.399 e. The minimum absolute atomic E-state index is 0.121. The van der Waals surface area contributed by atoms with Crippen LogP contribution in [0, 0.1) is 0 Å². The average molecular weight is 281 g/mol. The van der Waals surface area contributed by atoms with Crippen LogP contribution in [0.25, 0.3) is 11.0 Å². The van der Waals surface area contributed by atoms with Crippen molar-refractivity contribution in [2.45, 2.75) is 6.42 Å². The van der Waals surface area contributed by atoms with Gasteiger partial charge in [-0.15, -0.1) is 0 Å². The predicted octanol–water partition coefficient (Wildman–Crippen LogP) is 1.51. The van der Waals surface area contributed by atoms with Crippen LogP contribution < -0.4 is 11.1 Å². The summed E-state index contributed by atoms with van der Waals surface area (Å²) < 4.78 is 0. The molecular formula is C15H15N5O. The van der Waals surface area contributed by atoms with Gasteiger partial charge in [-0.2, -0.15) is 15.4 Å². The smallest absolute Gasteiger partial charge is 0.251 e. The Morgan fingerprint density at radius 1 is 1.14 bits per heavy atom. The van der Waals surface area contributed by atoms with Gasteiger partial charge in [0.2, 0.25) is 0 Å². The van der Waals surface area contributed by atoms with Gasteiger partial charge in [0, 0.05) is 17.8 Å². The van der Waals surface area contributed by atoms with Crippen LogP contribution >= 0.6 is 0 Å². The molecule has 0 bridgehead atoms. The normalized spacial score (nSPS) is 10.7. The van der Waals surface area contributed by atoms with Crippen molar-refractivity contribution in [2.75, 3.05) is 12.3 Å². The Balaban J connectivity index is 1.61.